The van der Waals surface area contributed by atoms with E-state index in [0.717, 1.165) is 41.4 Å². The van der Waals surface area contributed by atoms with Crippen molar-refractivity contribution in [1.82, 2.24) is 15.0 Å². The van der Waals surface area contributed by atoms with E-state index >= 15 is 0 Å². The van der Waals surface area contributed by atoms with Crippen molar-refractivity contribution in [2.24, 2.45) is 0 Å². The Morgan fingerprint density at radius 1 is 1.13 bits per heavy atom. The summed E-state index contributed by atoms with van der Waals surface area (Å²) in [6, 6.07) is 9.55. The lowest BCUT2D eigenvalue weighted by molar-refractivity contribution is 0.409. The van der Waals surface area contributed by atoms with E-state index < -0.39 is 0 Å². The van der Waals surface area contributed by atoms with Crippen molar-refractivity contribution in [2.45, 2.75) is 33.1 Å². The molecule has 0 saturated carbocycles. The molecule has 0 unspecified atom stereocenters. The number of phenolic OH excluding ortho intramolecular Hbond substituents is 1. The van der Waals surface area contributed by atoms with E-state index in [1.54, 1.807) is 13.2 Å². The molecule has 0 radical (unpaired) electrons. The molecule has 0 bridgehead atoms. The van der Waals surface area contributed by atoms with Crippen LogP contribution in [0.15, 0.2) is 30.3 Å². The number of aromatic nitrogens is 3. The Kier molecular flexibility index (Phi) is 4.19. The molecule has 0 spiro atoms. The van der Waals surface area contributed by atoms with Crippen LogP contribution in [-0.4, -0.2) is 27.2 Å². The Hall–Kier alpha value is -2.56. The maximum absolute atomic E-state index is 10.6. The number of aromatic hydroxyl groups is 1. The topological polar surface area (TPSA) is 60.2 Å². The molecule has 3 rings (SSSR count). The van der Waals surface area contributed by atoms with Crippen molar-refractivity contribution in [1.29, 1.82) is 0 Å². The monoisotopic (exact) mass is 311 g/mol. The molecule has 2 aromatic carbocycles. The zero-order valence-electron chi connectivity index (χ0n) is 13.7. The number of aryl methyl sites for hydroxylation is 2. The third kappa shape index (κ3) is 2.99. The molecule has 1 aromatic heterocycles. The second kappa shape index (κ2) is 6.28. The Morgan fingerprint density at radius 2 is 1.91 bits per heavy atom. The molecular weight excluding hydrogens is 290 g/mol. The molecular formula is C18H21N3O2. The third-order valence-electron chi connectivity index (χ3n) is 3.93. The van der Waals surface area contributed by atoms with Gasteiger partial charge in [-0.05, 0) is 49.1 Å². The average Bonchev–Trinajstić information content (AvgIpc) is 2.96. The molecule has 0 aliphatic heterocycles. The van der Waals surface area contributed by atoms with Crippen LogP contribution in [0.4, 0.5) is 0 Å². The number of hydrogen-bond acceptors (Lipinski definition) is 4. The number of rotatable bonds is 5. The van der Waals surface area contributed by atoms with Gasteiger partial charge in [0.2, 0.25) is 0 Å². The minimum absolute atomic E-state index is 0.219. The molecule has 120 valence electrons. The highest BCUT2D eigenvalue weighted by molar-refractivity contribution is 5.75. The number of unbranched alkanes of at least 4 members (excludes halogenated alkanes) is 1. The summed E-state index contributed by atoms with van der Waals surface area (Å²) in [5.41, 5.74) is 4.14. The van der Waals surface area contributed by atoms with Crippen molar-refractivity contribution in [3.63, 3.8) is 0 Å². The lowest BCUT2D eigenvalue weighted by Gasteiger charge is -2.11. The predicted molar refractivity (Wildman–Crippen MR) is 90.4 cm³/mol. The predicted octanol–water partition coefficient (Wildman–Crippen LogP) is 3.79. The van der Waals surface area contributed by atoms with Gasteiger partial charge in [0.1, 0.15) is 28.2 Å². The van der Waals surface area contributed by atoms with Gasteiger partial charge in [-0.25, -0.2) is 0 Å². The van der Waals surface area contributed by atoms with Crippen LogP contribution in [0.3, 0.4) is 0 Å². The Labute approximate surface area is 135 Å². The van der Waals surface area contributed by atoms with Crippen LogP contribution in [0.25, 0.3) is 16.7 Å². The van der Waals surface area contributed by atoms with E-state index in [2.05, 4.69) is 17.1 Å². The van der Waals surface area contributed by atoms with Gasteiger partial charge in [0.25, 0.3) is 0 Å². The van der Waals surface area contributed by atoms with Crippen LogP contribution in [0, 0.1) is 6.92 Å². The third-order valence-corrected chi connectivity index (χ3v) is 3.93. The molecule has 0 fully saturated rings. The molecule has 0 aliphatic carbocycles. The van der Waals surface area contributed by atoms with Crippen LogP contribution in [0.1, 0.15) is 30.9 Å². The Balaban J connectivity index is 2.12. The van der Waals surface area contributed by atoms with Crippen LogP contribution in [0.5, 0.6) is 11.5 Å². The molecule has 5 nitrogen and oxygen atoms in total. The summed E-state index contributed by atoms with van der Waals surface area (Å²) in [4.78, 5) is 1.48. The quantitative estimate of drug-likeness (QED) is 0.779. The number of phenols is 1. The molecule has 0 aliphatic rings. The van der Waals surface area contributed by atoms with E-state index in [-0.39, 0.29) is 5.75 Å². The molecule has 0 saturated heterocycles. The van der Waals surface area contributed by atoms with Crippen LogP contribution in [-0.2, 0) is 6.42 Å². The Morgan fingerprint density at radius 3 is 2.65 bits per heavy atom. The standard InChI is InChI=1S/C18H21N3O2/c1-4-5-6-13-10-14(23-3)11-17(18(13)22)21-19-15-8-7-12(2)9-16(15)20-21/h7-11,22H,4-6H2,1-3H3. The van der Waals surface area contributed by atoms with Crippen LogP contribution >= 0.6 is 0 Å². The largest absolute Gasteiger partial charge is 0.505 e. The van der Waals surface area contributed by atoms with Gasteiger partial charge in [-0.1, -0.05) is 19.4 Å². The molecule has 3 aromatic rings. The number of methoxy groups -OCH3 is 1. The van der Waals surface area contributed by atoms with Gasteiger partial charge in [0, 0.05) is 6.07 Å². The summed E-state index contributed by atoms with van der Waals surface area (Å²) < 4.78 is 5.37. The highest BCUT2D eigenvalue weighted by atomic mass is 16.5. The number of fused-ring (bicyclic) bond motifs is 1. The summed E-state index contributed by atoms with van der Waals surface area (Å²) in [7, 11) is 1.62. The van der Waals surface area contributed by atoms with Crippen LogP contribution in [0.2, 0.25) is 0 Å². The highest BCUT2D eigenvalue weighted by Crippen LogP contribution is 2.32. The maximum atomic E-state index is 10.6. The van der Waals surface area contributed by atoms with E-state index in [1.807, 2.05) is 31.2 Å². The van der Waals surface area contributed by atoms with Gasteiger partial charge in [-0.3, -0.25) is 0 Å². The van der Waals surface area contributed by atoms with Crippen molar-refractivity contribution < 1.29 is 9.84 Å². The van der Waals surface area contributed by atoms with Gasteiger partial charge in [-0.15, -0.1) is 15.0 Å². The van der Waals surface area contributed by atoms with Crippen molar-refractivity contribution in [3.8, 4) is 17.2 Å². The Bertz CT molecular complexity index is 840. The number of hydrogen-bond donors (Lipinski definition) is 1. The minimum Gasteiger partial charge on any atom is -0.505 e. The van der Waals surface area contributed by atoms with E-state index in [1.165, 1.54) is 4.80 Å². The lowest BCUT2D eigenvalue weighted by Crippen LogP contribution is -2.02. The van der Waals surface area contributed by atoms with E-state index in [0.29, 0.717) is 11.4 Å². The van der Waals surface area contributed by atoms with Crippen molar-refractivity contribution in [3.05, 3.63) is 41.5 Å². The second-order valence-electron chi connectivity index (χ2n) is 5.74. The van der Waals surface area contributed by atoms with E-state index in [4.69, 9.17) is 4.74 Å². The molecule has 23 heavy (non-hydrogen) atoms. The summed E-state index contributed by atoms with van der Waals surface area (Å²) in [6.45, 7) is 4.15. The molecule has 1 heterocycles. The first-order valence-corrected chi connectivity index (χ1v) is 7.86. The first-order valence-electron chi connectivity index (χ1n) is 7.86. The highest BCUT2D eigenvalue weighted by Gasteiger charge is 2.15. The number of ether oxygens (including phenoxy) is 1. The number of benzene rings is 2. The first-order chi connectivity index (χ1) is 11.1. The molecule has 1 N–H and O–H groups in total. The van der Waals surface area contributed by atoms with Crippen molar-refractivity contribution in [2.75, 3.05) is 7.11 Å². The molecule has 0 amide bonds. The van der Waals surface area contributed by atoms with E-state index in [9.17, 15) is 5.11 Å². The van der Waals surface area contributed by atoms with Crippen molar-refractivity contribution >= 4 is 11.0 Å². The van der Waals surface area contributed by atoms with Gasteiger partial charge in [-0.2, -0.15) is 0 Å². The van der Waals surface area contributed by atoms with Gasteiger partial charge < -0.3 is 9.84 Å². The van der Waals surface area contributed by atoms with Gasteiger partial charge in [0.15, 0.2) is 0 Å². The normalized spacial score (nSPS) is 11.1. The van der Waals surface area contributed by atoms with Crippen LogP contribution < -0.4 is 4.74 Å². The zero-order chi connectivity index (χ0) is 16.4. The maximum Gasteiger partial charge on any atom is 0.146 e. The zero-order valence-corrected chi connectivity index (χ0v) is 13.7. The smallest absolute Gasteiger partial charge is 0.146 e. The molecule has 0 atom stereocenters. The fourth-order valence-electron chi connectivity index (χ4n) is 2.61. The summed E-state index contributed by atoms with van der Waals surface area (Å²) in [5, 5.41) is 19.6. The molecule has 5 heteroatoms. The first kappa shape index (κ1) is 15.3. The van der Waals surface area contributed by atoms with Gasteiger partial charge >= 0.3 is 0 Å². The summed E-state index contributed by atoms with van der Waals surface area (Å²) in [6.07, 6.45) is 2.87. The fraction of sp³-hybridized carbons (Fsp3) is 0.333. The number of nitrogens with zero attached hydrogens (tertiary/aromatic N) is 3. The van der Waals surface area contributed by atoms with Gasteiger partial charge in [0.05, 0.1) is 7.11 Å². The SMILES string of the molecule is CCCCc1cc(OC)cc(-n2nc3ccc(C)cc3n2)c1O. The fourth-order valence-corrected chi connectivity index (χ4v) is 2.61. The summed E-state index contributed by atoms with van der Waals surface area (Å²) in [5.74, 6) is 0.915. The minimum atomic E-state index is 0.219. The average molecular weight is 311 g/mol. The lowest BCUT2D eigenvalue weighted by atomic mass is 10.1. The second-order valence-corrected chi connectivity index (χ2v) is 5.74. The summed E-state index contributed by atoms with van der Waals surface area (Å²) >= 11 is 0.